The van der Waals surface area contributed by atoms with Gasteiger partial charge in [0.15, 0.2) is 11.5 Å². The number of benzene rings is 2. The Kier molecular flexibility index (Phi) is 8.09. The number of fused-ring (bicyclic) bond motifs is 1. The number of aliphatic hydroxyl groups is 1. The van der Waals surface area contributed by atoms with E-state index in [1.54, 1.807) is 32.4 Å². The van der Waals surface area contributed by atoms with Gasteiger partial charge in [-0.25, -0.2) is 0 Å². The number of nitrogens with one attached hydrogen (secondary N) is 1. The fourth-order valence-electron chi connectivity index (χ4n) is 5.02. The summed E-state index contributed by atoms with van der Waals surface area (Å²) in [5.41, 5.74) is 1.41. The van der Waals surface area contributed by atoms with Crippen LogP contribution in [0, 0.1) is 5.92 Å². The molecule has 8 heteroatoms. The van der Waals surface area contributed by atoms with Crippen LogP contribution in [0.5, 0.6) is 17.2 Å². The van der Waals surface area contributed by atoms with Crippen LogP contribution < -0.4 is 14.8 Å². The van der Waals surface area contributed by atoms with Gasteiger partial charge in [0.2, 0.25) is 5.60 Å². The summed E-state index contributed by atoms with van der Waals surface area (Å²) in [7, 11) is 3.26. The second-order valence-electron chi connectivity index (χ2n) is 9.57. The third-order valence-corrected chi connectivity index (χ3v) is 7.32. The van der Waals surface area contributed by atoms with Crippen LogP contribution in [-0.4, -0.2) is 74.3 Å². The molecule has 1 amide bonds. The quantitative estimate of drug-likeness (QED) is 0.391. The molecule has 0 bridgehead atoms. The van der Waals surface area contributed by atoms with Gasteiger partial charge in [0.25, 0.3) is 11.7 Å². The smallest absolute Gasteiger partial charge is 0.260 e. The van der Waals surface area contributed by atoms with Gasteiger partial charge >= 0.3 is 0 Å². The molecule has 7 nitrogen and oxygen atoms in total. The zero-order valence-electron chi connectivity index (χ0n) is 21.0. The maximum atomic E-state index is 13.7. The lowest BCUT2D eigenvalue weighted by atomic mass is 9.86. The topological polar surface area (TPSA) is 72.8 Å². The molecule has 0 aromatic heterocycles. The summed E-state index contributed by atoms with van der Waals surface area (Å²) in [4.78, 5) is 15.7. The lowest BCUT2D eigenvalue weighted by Crippen LogP contribution is -2.49. The van der Waals surface area contributed by atoms with Crippen molar-refractivity contribution in [3.8, 4) is 17.2 Å². The van der Waals surface area contributed by atoms with E-state index in [0.717, 1.165) is 42.3 Å². The molecular weight excluding hydrogens is 468 g/mol. The van der Waals surface area contributed by atoms with Gasteiger partial charge in [-0.05, 0) is 38.1 Å². The second-order valence-corrected chi connectivity index (χ2v) is 9.98. The summed E-state index contributed by atoms with van der Waals surface area (Å²) in [5, 5.41) is 4.28. The number of hydrogen-bond donors (Lipinski definition) is 1. The van der Waals surface area contributed by atoms with Gasteiger partial charge in [0, 0.05) is 50.9 Å². The van der Waals surface area contributed by atoms with E-state index in [-0.39, 0.29) is 23.5 Å². The molecule has 2 heterocycles. The van der Waals surface area contributed by atoms with Crippen LogP contribution >= 0.6 is 11.6 Å². The highest BCUT2D eigenvalue weighted by Gasteiger charge is 2.55. The molecule has 4 rings (SSSR count). The standard InChI is InChI=1S/C27H35ClN2O5/c1-18(2)30(26(31)19-9-10-24(33-4)25(13-19)34-12-6-11-32-3)16-20-15-29-17-27(20)14-21-22(28)7-5-8-23(21)35-27/h5,7-10,13,18,20,29H,6,11-12,14-17H2,1-4H3/p+1. The minimum absolute atomic E-state index is 0.0278. The van der Waals surface area contributed by atoms with E-state index in [2.05, 4.69) is 19.2 Å². The highest BCUT2D eigenvalue weighted by Crippen LogP contribution is 2.45. The predicted octanol–water partition coefficient (Wildman–Crippen LogP) is 4.07. The van der Waals surface area contributed by atoms with Gasteiger partial charge in [0.1, 0.15) is 0 Å². The molecule has 1 saturated heterocycles. The van der Waals surface area contributed by atoms with Crippen LogP contribution in [0.2, 0.25) is 5.02 Å². The van der Waals surface area contributed by atoms with E-state index in [1.807, 2.05) is 23.1 Å². The molecule has 2 aliphatic rings. The molecule has 0 radical (unpaired) electrons. The van der Waals surface area contributed by atoms with Crippen molar-refractivity contribution in [2.75, 3.05) is 47.1 Å². The van der Waals surface area contributed by atoms with Crippen LogP contribution in [0.25, 0.3) is 0 Å². The first-order chi connectivity index (χ1) is 16.9. The molecule has 2 N–H and O–H groups in total. The Morgan fingerprint density at radius 3 is 2.77 bits per heavy atom. The van der Waals surface area contributed by atoms with Gasteiger partial charge in [-0.3, -0.25) is 4.79 Å². The van der Waals surface area contributed by atoms with Crippen molar-refractivity contribution in [1.29, 1.82) is 0 Å². The van der Waals surface area contributed by atoms with Crippen molar-refractivity contribution in [2.45, 2.75) is 38.3 Å². The summed E-state index contributed by atoms with van der Waals surface area (Å²) >= 11 is 6.48. The maximum Gasteiger partial charge on any atom is 0.260 e. The summed E-state index contributed by atoms with van der Waals surface area (Å²) in [6.07, 6.45) is 1.55. The highest BCUT2D eigenvalue weighted by atomic mass is 35.5. The number of ether oxygens (including phenoxy) is 4. The number of rotatable bonds is 10. The lowest BCUT2D eigenvalue weighted by molar-refractivity contribution is -0.108. The van der Waals surface area contributed by atoms with Crippen LogP contribution in [0.4, 0.5) is 0 Å². The lowest BCUT2D eigenvalue weighted by Gasteiger charge is -2.34. The first-order valence-corrected chi connectivity index (χ1v) is 12.6. The zero-order valence-corrected chi connectivity index (χ0v) is 21.7. The average molecular weight is 504 g/mol. The number of halogens is 1. The summed E-state index contributed by atoms with van der Waals surface area (Å²) in [5.74, 6) is 2.29. The van der Waals surface area contributed by atoms with E-state index in [4.69, 9.17) is 30.5 Å². The van der Waals surface area contributed by atoms with Crippen molar-refractivity contribution in [3.63, 3.8) is 0 Å². The number of methoxy groups -OCH3 is 2. The van der Waals surface area contributed by atoms with Crippen molar-refractivity contribution in [2.24, 2.45) is 5.92 Å². The zero-order chi connectivity index (χ0) is 25.0. The number of carbonyl (C=O) groups is 1. The van der Waals surface area contributed by atoms with E-state index >= 15 is 0 Å². The van der Waals surface area contributed by atoms with E-state index in [0.29, 0.717) is 36.8 Å². The van der Waals surface area contributed by atoms with Crippen LogP contribution in [0.1, 0.15) is 36.2 Å². The predicted molar refractivity (Wildman–Crippen MR) is 137 cm³/mol. The van der Waals surface area contributed by atoms with Crippen molar-refractivity contribution in [3.05, 3.63) is 52.5 Å². The van der Waals surface area contributed by atoms with Crippen molar-refractivity contribution >= 4 is 17.5 Å². The Morgan fingerprint density at radius 2 is 2.06 bits per heavy atom. The molecule has 2 unspecified atom stereocenters. The third kappa shape index (κ3) is 5.37. The van der Waals surface area contributed by atoms with E-state index < -0.39 is 0 Å². The van der Waals surface area contributed by atoms with Crippen LogP contribution in [0.3, 0.4) is 0 Å². The molecule has 2 aromatic carbocycles. The molecule has 0 saturated carbocycles. The van der Waals surface area contributed by atoms with Crippen LogP contribution in [0.15, 0.2) is 36.4 Å². The summed E-state index contributed by atoms with van der Waals surface area (Å²) in [6.45, 7) is 7.39. The monoisotopic (exact) mass is 503 g/mol. The SMILES string of the molecule is COCCCOc1cc(C(=O)N(CC2CNCC23Cc2c(Cl)cccc2[OH+]3)C(C)C)ccc1OC. The average Bonchev–Trinajstić information content (AvgIpc) is 3.43. The Labute approximate surface area is 212 Å². The second kappa shape index (κ2) is 11.1. The molecule has 35 heavy (non-hydrogen) atoms. The van der Waals surface area contributed by atoms with Crippen molar-refractivity contribution in [1.82, 2.24) is 10.2 Å². The number of amides is 1. The van der Waals surface area contributed by atoms with E-state index in [9.17, 15) is 4.79 Å². The first-order valence-electron chi connectivity index (χ1n) is 12.2. The molecule has 190 valence electrons. The van der Waals surface area contributed by atoms with Crippen molar-refractivity contribution < 1.29 is 23.7 Å². The molecule has 1 spiro atoms. The Balaban J connectivity index is 1.52. The molecule has 2 atom stereocenters. The van der Waals surface area contributed by atoms with Gasteiger partial charge in [-0.2, -0.15) is 0 Å². The van der Waals surface area contributed by atoms with Crippen LogP contribution in [-0.2, 0) is 11.2 Å². The normalized spacial score (nSPS) is 20.7. The molecule has 1 fully saturated rings. The van der Waals surface area contributed by atoms with Gasteiger partial charge in [-0.15, -0.1) is 0 Å². The Morgan fingerprint density at radius 1 is 1.23 bits per heavy atom. The van der Waals surface area contributed by atoms with E-state index in [1.165, 1.54) is 0 Å². The molecule has 2 aliphatic heterocycles. The molecule has 0 aliphatic carbocycles. The molecular formula is C27H36ClN2O5+. The highest BCUT2D eigenvalue weighted by molar-refractivity contribution is 6.31. The Bertz CT molecular complexity index is 1050. The minimum atomic E-state index is -0.281. The minimum Gasteiger partial charge on any atom is -0.577 e. The number of hydrogen-bond acceptors (Lipinski definition) is 5. The number of nitrogens with zero attached hydrogens (tertiary/aromatic N) is 1. The summed E-state index contributed by atoms with van der Waals surface area (Å²) in [6, 6.07) is 11.3. The fraction of sp³-hybridized carbons (Fsp3) is 0.519. The fourth-order valence-corrected chi connectivity index (χ4v) is 5.26. The maximum absolute atomic E-state index is 13.7. The molecule has 2 aromatic rings. The van der Waals surface area contributed by atoms with Gasteiger partial charge in [0.05, 0.1) is 43.2 Å². The summed E-state index contributed by atoms with van der Waals surface area (Å²) < 4.78 is 21.6. The first kappa shape index (κ1) is 25.6. The van der Waals surface area contributed by atoms with Gasteiger partial charge in [-0.1, -0.05) is 17.7 Å². The van der Waals surface area contributed by atoms with Gasteiger partial charge < -0.3 is 29.2 Å². The third-order valence-electron chi connectivity index (χ3n) is 6.96. The number of carbonyl (C=O) groups excluding carboxylic acids is 1. The number of aromatic hydroxyl groups is 1. The largest absolute Gasteiger partial charge is 0.577 e. The Hall–Kier alpha value is -2.48.